The predicted octanol–water partition coefficient (Wildman–Crippen LogP) is 3.37. The van der Waals surface area contributed by atoms with E-state index in [-0.39, 0.29) is 36.2 Å². The maximum absolute atomic E-state index is 13.3. The lowest BCUT2D eigenvalue weighted by Crippen LogP contribution is -2.43. The molecular weight excluding hydrogens is 439 g/mol. The lowest BCUT2D eigenvalue weighted by Gasteiger charge is -2.34. The van der Waals surface area contributed by atoms with Gasteiger partial charge in [-0.05, 0) is 31.4 Å². The largest absolute Gasteiger partial charge is 0.422 e. The Bertz CT molecular complexity index is 1030. The van der Waals surface area contributed by atoms with Gasteiger partial charge in [-0.15, -0.1) is 0 Å². The Labute approximate surface area is 189 Å². The summed E-state index contributed by atoms with van der Waals surface area (Å²) in [5.41, 5.74) is -1.75. The van der Waals surface area contributed by atoms with Gasteiger partial charge in [-0.3, -0.25) is 9.59 Å². The molecule has 0 spiro atoms. The number of halogens is 3. The molecule has 10 heteroatoms. The van der Waals surface area contributed by atoms with Crippen LogP contribution < -0.4 is 5.32 Å². The van der Waals surface area contributed by atoms with Crippen LogP contribution in [-0.2, 0) is 28.2 Å². The van der Waals surface area contributed by atoms with Crippen molar-refractivity contribution in [2.45, 2.75) is 64.3 Å². The van der Waals surface area contributed by atoms with Gasteiger partial charge in [0.25, 0.3) is 0 Å². The first-order valence-corrected chi connectivity index (χ1v) is 10.7. The maximum atomic E-state index is 13.3. The molecule has 1 aliphatic heterocycles. The minimum atomic E-state index is -4.92. The van der Waals surface area contributed by atoms with E-state index in [1.807, 2.05) is 24.3 Å². The van der Waals surface area contributed by atoms with Crippen LogP contribution in [0, 0.1) is 0 Å². The van der Waals surface area contributed by atoms with E-state index in [0.29, 0.717) is 19.9 Å². The minimum absolute atomic E-state index is 0.0299. The summed E-state index contributed by atoms with van der Waals surface area (Å²) in [5, 5.41) is 16.3. The molecule has 3 rings (SSSR count). The molecule has 0 saturated heterocycles. The number of amides is 2. The van der Waals surface area contributed by atoms with Crippen LogP contribution in [0.2, 0.25) is 0 Å². The number of alkyl halides is 3. The number of aliphatic hydroxyl groups is 1. The monoisotopic (exact) mass is 467 g/mol. The lowest BCUT2D eigenvalue weighted by atomic mass is 9.86. The number of hydrogen-bond donors (Lipinski definition) is 2. The van der Waals surface area contributed by atoms with Crippen molar-refractivity contribution in [2.75, 3.05) is 13.1 Å². The fourth-order valence-corrected chi connectivity index (χ4v) is 4.23. The molecule has 33 heavy (non-hydrogen) atoms. The summed E-state index contributed by atoms with van der Waals surface area (Å²) in [6, 6.07) is 7.46. The van der Waals surface area contributed by atoms with E-state index in [1.165, 1.54) is 6.92 Å². The number of fused-ring (bicyclic) bond motifs is 1. The molecule has 2 heterocycles. The molecule has 2 N–H and O–H groups in total. The average Bonchev–Trinajstić information content (AvgIpc) is 3.17. The molecule has 3 atom stereocenters. The molecule has 1 aromatic carbocycles. The zero-order chi connectivity index (χ0) is 24.6. The van der Waals surface area contributed by atoms with Crippen molar-refractivity contribution in [2.24, 2.45) is 0 Å². The molecule has 2 amide bonds. The highest BCUT2D eigenvalue weighted by Crippen LogP contribution is 2.43. The van der Waals surface area contributed by atoms with Crippen molar-refractivity contribution in [3.63, 3.8) is 0 Å². The van der Waals surface area contributed by atoms with Crippen molar-refractivity contribution in [1.29, 1.82) is 0 Å². The molecule has 1 unspecified atom stereocenters. The molecular formula is C23H28F3N3O4. The molecule has 1 aromatic heterocycles. The van der Waals surface area contributed by atoms with E-state index >= 15 is 0 Å². The van der Waals surface area contributed by atoms with Crippen LogP contribution in [0.25, 0.3) is 0 Å². The predicted molar refractivity (Wildman–Crippen MR) is 113 cm³/mol. The number of benzene rings is 1. The third-order valence-electron chi connectivity index (χ3n) is 6.11. The van der Waals surface area contributed by atoms with Crippen LogP contribution in [0.15, 0.2) is 28.8 Å². The quantitative estimate of drug-likeness (QED) is 0.679. The molecule has 1 aliphatic rings. The lowest BCUT2D eigenvalue weighted by molar-refractivity contribution is -0.261. The number of rotatable bonds is 6. The number of nitrogens with one attached hydrogen (secondary N) is 1. The van der Waals surface area contributed by atoms with Gasteiger partial charge in [0.2, 0.25) is 17.4 Å². The number of carbonyl (C=O) groups excluding carboxylic acids is 2. The van der Waals surface area contributed by atoms with E-state index in [1.54, 1.807) is 18.7 Å². The van der Waals surface area contributed by atoms with E-state index in [4.69, 9.17) is 4.52 Å². The van der Waals surface area contributed by atoms with Crippen LogP contribution >= 0.6 is 0 Å². The smallest absolute Gasteiger partial charge is 0.375 e. The fraction of sp³-hybridized carbons (Fsp3) is 0.522. The fourth-order valence-electron chi connectivity index (χ4n) is 4.23. The minimum Gasteiger partial charge on any atom is -0.375 e. The summed E-state index contributed by atoms with van der Waals surface area (Å²) < 4.78 is 45.2. The van der Waals surface area contributed by atoms with Gasteiger partial charge in [0.1, 0.15) is 5.69 Å². The molecule has 0 aliphatic carbocycles. The summed E-state index contributed by atoms with van der Waals surface area (Å²) in [6.45, 7) is 6.13. The van der Waals surface area contributed by atoms with Crippen LogP contribution in [-0.4, -0.2) is 46.2 Å². The second-order valence-corrected chi connectivity index (χ2v) is 8.71. The third-order valence-corrected chi connectivity index (χ3v) is 6.11. The first-order chi connectivity index (χ1) is 15.3. The number of carbonyl (C=O) groups is 2. The Morgan fingerprint density at radius 1 is 1.33 bits per heavy atom. The summed E-state index contributed by atoms with van der Waals surface area (Å²) in [5.74, 6) is -1.19. The number of hydrogen-bond acceptors (Lipinski definition) is 5. The molecule has 2 aromatic rings. The summed E-state index contributed by atoms with van der Waals surface area (Å²) in [7, 11) is 0. The zero-order valence-corrected chi connectivity index (χ0v) is 19.0. The average molecular weight is 467 g/mol. The Morgan fingerprint density at radius 2 is 2.00 bits per heavy atom. The van der Waals surface area contributed by atoms with Gasteiger partial charge in [-0.1, -0.05) is 36.3 Å². The van der Waals surface area contributed by atoms with Crippen molar-refractivity contribution in [3.05, 3.63) is 52.4 Å². The second kappa shape index (κ2) is 9.17. The second-order valence-electron chi connectivity index (χ2n) is 8.71. The Kier molecular flexibility index (Phi) is 6.88. The normalized spacial score (nSPS) is 18.9. The standard InChI is InChI=1S/C23H28F3N3O4/c1-13-11-29(12-18-19(13)20(28-33-18)22(4,32)23(24,25)26)21(31)14(2)17-8-6-5-7-16(17)9-10-27-15(3)30/h5-8,13-14,32H,9-12H2,1-4H3,(H,27,30)/t13-,14-,22?/m0/s1. The van der Waals surface area contributed by atoms with E-state index in [2.05, 4.69) is 10.5 Å². The summed E-state index contributed by atoms with van der Waals surface area (Å²) >= 11 is 0. The van der Waals surface area contributed by atoms with Crippen LogP contribution in [0.3, 0.4) is 0 Å². The summed E-state index contributed by atoms with van der Waals surface area (Å²) in [6.07, 6.45) is -4.36. The molecule has 0 fully saturated rings. The Morgan fingerprint density at radius 3 is 2.64 bits per heavy atom. The Hall–Kier alpha value is -2.88. The van der Waals surface area contributed by atoms with Crippen LogP contribution in [0.5, 0.6) is 0 Å². The number of nitrogens with zero attached hydrogens (tertiary/aromatic N) is 2. The SMILES string of the molecule is CC(=O)NCCc1ccccc1[C@H](C)C(=O)N1Cc2onc(C(C)(O)C(F)(F)F)c2[C@@H](C)C1. The van der Waals surface area contributed by atoms with Gasteiger partial charge < -0.3 is 19.8 Å². The van der Waals surface area contributed by atoms with Gasteiger partial charge in [0.15, 0.2) is 5.76 Å². The van der Waals surface area contributed by atoms with Crippen LogP contribution in [0.4, 0.5) is 13.2 Å². The van der Waals surface area contributed by atoms with Crippen LogP contribution in [0.1, 0.15) is 67.7 Å². The third kappa shape index (κ3) is 4.90. The Balaban J connectivity index is 1.81. The van der Waals surface area contributed by atoms with Crippen molar-refractivity contribution < 1.29 is 32.4 Å². The first-order valence-electron chi connectivity index (χ1n) is 10.7. The molecule has 0 bridgehead atoms. The van der Waals surface area contributed by atoms with E-state index in [0.717, 1.165) is 11.1 Å². The molecule has 0 saturated carbocycles. The van der Waals surface area contributed by atoms with Gasteiger partial charge in [-0.25, -0.2) is 0 Å². The topological polar surface area (TPSA) is 95.7 Å². The number of aromatic nitrogens is 1. The van der Waals surface area contributed by atoms with E-state index in [9.17, 15) is 27.9 Å². The van der Waals surface area contributed by atoms with Crippen molar-refractivity contribution in [3.8, 4) is 0 Å². The first kappa shape index (κ1) is 24.8. The highest BCUT2D eigenvalue weighted by atomic mass is 19.4. The molecule has 180 valence electrons. The van der Waals surface area contributed by atoms with Crippen molar-refractivity contribution >= 4 is 11.8 Å². The molecule has 7 nitrogen and oxygen atoms in total. The molecule has 0 radical (unpaired) electrons. The summed E-state index contributed by atoms with van der Waals surface area (Å²) in [4.78, 5) is 26.0. The van der Waals surface area contributed by atoms with Crippen molar-refractivity contribution in [1.82, 2.24) is 15.4 Å². The van der Waals surface area contributed by atoms with Gasteiger partial charge >= 0.3 is 6.18 Å². The highest BCUT2D eigenvalue weighted by Gasteiger charge is 2.55. The van der Waals surface area contributed by atoms with Gasteiger partial charge in [-0.2, -0.15) is 13.2 Å². The van der Waals surface area contributed by atoms with E-state index < -0.39 is 29.3 Å². The maximum Gasteiger partial charge on any atom is 0.422 e. The van der Waals surface area contributed by atoms with Gasteiger partial charge in [0, 0.05) is 31.5 Å². The zero-order valence-electron chi connectivity index (χ0n) is 19.0. The highest BCUT2D eigenvalue weighted by molar-refractivity contribution is 5.84. The van der Waals surface area contributed by atoms with Gasteiger partial charge in [0.05, 0.1) is 12.5 Å².